The minimum Gasteiger partial charge on any atom is -0.379 e. The third-order valence-electron chi connectivity index (χ3n) is 6.27. The standard InChI is InChI=1S/C21H30N4OS/c1-15-5-4-8-25(13-15)20-19-16-6-2-3-7-17(16)27-21(19)23-18(22-20)14-24-9-11-26-12-10-24/h15H,2-14H2,1H3/t15-/m1/s1. The molecule has 5 nitrogen and oxygen atoms in total. The topological polar surface area (TPSA) is 41.5 Å². The molecule has 0 aromatic carbocycles. The second kappa shape index (κ2) is 7.64. The Labute approximate surface area is 165 Å². The number of hydrogen-bond acceptors (Lipinski definition) is 6. The summed E-state index contributed by atoms with van der Waals surface area (Å²) < 4.78 is 5.50. The molecule has 2 aromatic heterocycles. The quantitative estimate of drug-likeness (QED) is 0.806. The van der Waals surface area contributed by atoms with Gasteiger partial charge < -0.3 is 9.64 Å². The van der Waals surface area contributed by atoms with Crippen LogP contribution in [-0.4, -0.2) is 54.3 Å². The van der Waals surface area contributed by atoms with Gasteiger partial charge in [-0.1, -0.05) is 6.92 Å². The van der Waals surface area contributed by atoms with E-state index in [4.69, 9.17) is 14.7 Å². The summed E-state index contributed by atoms with van der Waals surface area (Å²) in [4.78, 5) is 18.0. The van der Waals surface area contributed by atoms with Crippen molar-refractivity contribution in [2.75, 3.05) is 44.3 Å². The molecule has 0 N–H and O–H groups in total. The van der Waals surface area contributed by atoms with E-state index in [0.717, 1.165) is 57.7 Å². The van der Waals surface area contributed by atoms with Gasteiger partial charge in [-0.2, -0.15) is 0 Å². The van der Waals surface area contributed by atoms with Crippen molar-refractivity contribution in [3.05, 3.63) is 16.3 Å². The number of thiophene rings is 1. The highest BCUT2D eigenvalue weighted by Crippen LogP contribution is 2.40. The summed E-state index contributed by atoms with van der Waals surface area (Å²) in [6.07, 6.45) is 7.68. The van der Waals surface area contributed by atoms with Crippen molar-refractivity contribution < 1.29 is 4.74 Å². The van der Waals surface area contributed by atoms with E-state index in [2.05, 4.69) is 16.7 Å². The van der Waals surface area contributed by atoms with E-state index in [1.165, 1.54) is 54.6 Å². The third-order valence-corrected chi connectivity index (χ3v) is 7.45. The average Bonchev–Trinajstić information content (AvgIpc) is 3.06. The van der Waals surface area contributed by atoms with Gasteiger partial charge in [0.2, 0.25) is 0 Å². The minimum absolute atomic E-state index is 0.751. The van der Waals surface area contributed by atoms with E-state index in [0.29, 0.717) is 0 Å². The first-order valence-corrected chi connectivity index (χ1v) is 11.5. The van der Waals surface area contributed by atoms with Crippen LogP contribution >= 0.6 is 11.3 Å². The summed E-state index contributed by atoms with van der Waals surface area (Å²) >= 11 is 1.93. The molecular formula is C21H30N4OS. The highest BCUT2D eigenvalue weighted by atomic mass is 32.1. The van der Waals surface area contributed by atoms with E-state index in [-0.39, 0.29) is 0 Å². The lowest BCUT2D eigenvalue weighted by Gasteiger charge is -2.33. The molecule has 2 saturated heterocycles. The predicted molar refractivity (Wildman–Crippen MR) is 111 cm³/mol. The lowest BCUT2D eigenvalue weighted by Crippen LogP contribution is -2.37. The first-order valence-electron chi connectivity index (χ1n) is 10.6. The second-order valence-electron chi connectivity index (χ2n) is 8.44. The fraction of sp³-hybridized carbons (Fsp3) is 0.714. The van der Waals surface area contributed by atoms with Crippen LogP contribution in [0, 0.1) is 5.92 Å². The molecule has 2 aromatic rings. The van der Waals surface area contributed by atoms with Gasteiger partial charge in [0.1, 0.15) is 16.5 Å². The number of morpholine rings is 1. The number of rotatable bonds is 3. The van der Waals surface area contributed by atoms with Crippen molar-refractivity contribution in [1.82, 2.24) is 14.9 Å². The first kappa shape index (κ1) is 17.8. The van der Waals surface area contributed by atoms with Gasteiger partial charge >= 0.3 is 0 Å². The van der Waals surface area contributed by atoms with Gasteiger partial charge in [0.15, 0.2) is 0 Å². The second-order valence-corrected chi connectivity index (χ2v) is 9.52. The summed E-state index contributed by atoms with van der Waals surface area (Å²) in [5.41, 5.74) is 1.56. The normalized spacial score (nSPS) is 24.3. The number of fused-ring (bicyclic) bond motifs is 3. The molecule has 0 spiro atoms. The molecule has 0 unspecified atom stereocenters. The molecular weight excluding hydrogens is 356 g/mol. The molecule has 5 rings (SSSR count). The summed E-state index contributed by atoms with van der Waals surface area (Å²) in [6, 6.07) is 0. The predicted octanol–water partition coefficient (Wildman–Crippen LogP) is 3.64. The van der Waals surface area contributed by atoms with Crippen molar-refractivity contribution >= 4 is 27.4 Å². The molecule has 0 amide bonds. The maximum Gasteiger partial charge on any atom is 0.146 e. The van der Waals surface area contributed by atoms with Crippen molar-refractivity contribution in [3.63, 3.8) is 0 Å². The van der Waals surface area contributed by atoms with Crippen molar-refractivity contribution in [1.29, 1.82) is 0 Å². The Morgan fingerprint density at radius 2 is 1.93 bits per heavy atom. The molecule has 0 radical (unpaired) electrons. The molecule has 4 heterocycles. The zero-order chi connectivity index (χ0) is 18.2. The molecule has 6 heteroatoms. The van der Waals surface area contributed by atoms with Crippen LogP contribution in [0.5, 0.6) is 0 Å². The zero-order valence-corrected chi connectivity index (χ0v) is 17.2. The Kier molecular flexibility index (Phi) is 5.05. The number of anilines is 1. The lowest BCUT2D eigenvalue weighted by molar-refractivity contribution is 0.0331. The van der Waals surface area contributed by atoms with E-state index in [1.54, 1.807) is 10.4 Å². The van der Waals surface area contributed by atoms with Crippen LogP contribution in [0.4, 0.5) is 5.82 Å². The Morgan fingerprint density at radius 3 is 2.78 bits per heavy atom. The number of aromatic nitrogens is 2. The fourth-order valence-corrected chi connectivity index (χ4v) is 6.10. The molecule has 146 valence electrons. The molecule has 0 bridgehead atoms. The number of ether oxygens (including phenoxy) is 1. The smallest absolute Gasteiger partial charge is 0.146 e. The van der Waals surface area contributed by atoms with Crippen LogP contribution in [0.2, 0.25) is 0 Å². The van der Waals surface area contributed by atoms with Crippen molar-refractivity contribution in [2.45, 2.75) is 52.0 Å². The highest BCUT2D eigenvalue weighted by Gasteiger charge is 2.26. The molecule has 27 heavy (non-hydrogen) atoms. The fourth-order valence-electron chi connectivity index (χ4n) is 4.82. The SMILES string of the molecule is C[C@@H]1CCCN(c2nc(CN3CCOCC3)nc3sc4c(c23)CCCC4)C1. The van der Waals surface area contributed by atoms with E-state index in [1.807, 2.05) is 11.3 Å². The van der Waals surface area contributed by atoms with Crippen molar-refractivity contribution in [2.24, 2.45) is 5.92 Å². The monoisotopic (exact) mass is 386 g/mol. The van der Waals surface area contributed by atoms with E-state index < -0.39 is 0 Å². The van der Waals surface area contributed by atoms with Gasteiger partial charge in [-0.05, 0) is 50.0 Å². The van der Waals surface area contributed by atoms with Gasteiger partial charge in [-0.3, -0.25) is 4.90 Å². The number of aryl methyl sites for hydroxylation is 2. The van der Waals surface area contributed by atoms with Gasteiger partial charge in [0, 0.05) is 31.1 Å². The lowest BCUT2D eigenvalue weighted by atomic mass is 9.96. The van der Waals surface area contributed by atoms with Gasteiger partial charge in [-0.25, -0.2) is 9.97 Å². The maximum atomic E-state index is 5.50. The summed E-state index contributed by atoms with van der Waals surface area (Å²) in [6.45, 7) is 9.11. The number of nitrogens with zero attached hydrogens (tertiary/aromatic N) is 4. The van der Waals surface area contributed by atoms with Crippen LogP contribution in [0.15, 0.2) is 0 Å². The maximum absolute atomic E-state index is 5.50. The van der Waals surface area contributed by atoms with Crippen LogP contribution in [-0.2, 0) is 24.1 Å². The minimum atomic E-state index is 0.751. The van der Waals surface area contributed by atoms with Gasteiger partial charge in [0.05, 0.1) is 25.1 Å². The summed E-state index contributed by atoms with van der Waals surface area (Å²) in [5, 5.41) is 1.38. The van der Waals surface area contributed by atoms with Crippen LogP contribution in [0.1, 0.15) is 48.9 Å². The average molecular weight is 387 g/mol. The molecule has 1 aliphatic carbocycles. The Hall–Kier alpha value is -1.24. The van der Waals surface area contributed by atoms with E-state index >= 15 is 0 Å². The Morgan fingerprint density at radius 1 is 1.07 bits per heavy atom. The molecule has 2 aliphatic heterocycles. The largest absolute Gasteiger partial charge is 0.379 e. The molecule has 0 saturated carbocycles. The number of hydrogen-bond donors (Lipinski definition) is 0. The first-order chi connectivity index (χ1) is 13.3. The summed E-state index contributed by atoms with van der Waals surface area (Å²) in [5.74, 6) is 2.98. The van der Waals surface area contributed by atoms with Crippen molar-refractivity contribution in [3.8, 4) is 0 Å². The molecule has 3 aliphatic rings. The van der Waals surface area contributed by atoms with Gasteiger partial charge in [-0.15, -0.1) is 11.3 Å². The highest BCUT2D eigenvalue weighted by molar-refractivity contribution is 7.19. The Balaban J connectivity index is 1.56. The van der Waals surface area contributed by atoms with Crippen LogP contribution in [0.25, 0.3) is 10.2 Å². The van der Waals surface area contributed by atoms with E-state index in [9.17, 15) is 0 Å². The van der Waals surface area contributed by atoms with Crippen LogP contribution < -0.4 is 4.90 Å². The van der Waals surface area contributed by atoms with Gasteiger partial charge in [0.25, 0.3) is 0 Å². The van der Waals surface area contributed by atoms with Crippen LogP contribution in [0.3, 0.4) is 0 Å². The third kappa shape index (κ3) is 3.59. The Bertz CT molecular complexity index is 814. The molecule has 1 atom stereocenters. The number of piperidine rings is 1. The molecule has 2 fully saturated rings. The summed E-state index contributed by atoms with van der Waals surface area (Å²) in [7, 11) is 0. The zero-order valence-electron chi connectivity index (χ0n) is 16.4.